The van der Waals surface area contributed by atoms with Gasteiger partial charge in [-0.2, -0.15) is 5.26 Å². The molecule has 0 radical (unpaired) electrons. The molecule has 0 bridgehead atoms. The molecule has 0 heterocycles. The summed E-state index contributed by atoms with van der Waals surface area (Å²) >= 11 is 0. The minimum atomic E-state index is -1.51. The number of carbonyl (C=O) groups excluding carboxylic acids is 2. The minimum absolute atomic E-state index is 0.158. The highest BCUT2D eigenvalue weighted by molar-refractivity contribution is 7.86. The molecule has 0 fully saturated rings. The van der Waals surface area contributed by atoms with Gasteiger partial charge >= 0.3 is 0 Å². The van der Waals surface area contributed by atoms with Crippen molar-refractivity contribution in [3.05, 3.63) is 35.4 Å². The zero-order valence-corrected chi connectivity index (χ0v) is 11.6. The first-order chi connectivity index (χ1) is 8.93. The predicted molar refractivity (Wildman–Crippen MR) is 72.1 cm³/mol. The Morgan fingerprint density at radius 2 is 1.79 bits per heavy atom. The Morgan fingerprint density at radius 1 is 1.21 bits per heavy atom. The van der Waals surface area contributed by atoms with Gasteiger partial charge in [-0.05, 0) is 12.1 Å². The minimum Gasteiger partial charge on any atom is -0.348 e. The van der Waals surface area contributed by atoms with E-state index in [9.17, 15) is 13.8 Å². The summed E-state index contributed by atoms with van der Waals surface area (Å²) in [6.45, 7) is 0. The lowest BCUT2D eigenvalue weighted by Gasteiger charge is -2.09. The summed E-state index contributed by atoms with van der Waals surface area (Å²) in [4.78, 5) is 24.5. The third kappa shape index (κ3) is 4.64. The second kappa shape index (κ2) is 6.81. The highest BCUT2D eigenvalue weighted by Crippen LogP contribution is 2.05. The zero-order chi connectivity index (χ0) is 14.4. The summed E-state index contributed by atoms with van der Waals surface area (Å²) in [5, 5.41) is 8.64. The van der Waals surface area contributed by atoms with Crippen LogP contribution < -0.4 is 0 Å². The van der Waals surface area contributed by atoms with Gasteiger partial charge in [-0.25, -0.2) is 0 Å². The van der Waals surface area contributed by atoms with Crippen LogP contribution in [0.25, 0.3) is 0 Å². The average molecular weight is 278 g/mol. The van der Waals surface area contributed by atoms with Crippen LogP contribution in [-0.4, -0.2) is 46.4 Å². The number of Topliss-reactive ketones (excluding diaryl/α,β-unsaturated/α-hetero) is 1. The molecule has 0 saturated heterocycles. The van der Waals surface area contributed by atoms with Crippen LogP contribution in [0.15, 0.2) is 24.3 Å². The Balaban J connectivity index is 2.62. The summed E-state index contributed by atoms with van der Waals surface area (Å²) in [5.74, 6) is -0.916. The normalized spacial score (nSPS) is 11.4. The van der Waals surface area contributed by atoms with Crippen molar-refractivity contribution >= 4 is 22.5 Å². The molecule has 0 aliphatic heterocycles. The standard InChI is InChI=1S/C13H14N2O3S/c1-15(2)13(17)9-19(18)8-12(16)11-5-3-10(7-14)4-6-11/h3-6H,8-9H2,1-2H3. The van der Waals surface area contributed by atoms with Crippen molar-refractivity contribution in [1.82, 2.24) is 4.90 Å². The summed E-state index contributed by atoms with van der Waals surface area (Å²) in [5.41, 5.74) is 0.852. The molecule has 19 heavy (non-hydrogen) atoms. The lowest BCUT2D eigenvalue weighted by molar-refractivity contribution is -0.125. The van der Waals surface area contributed by atoms with E-state index in [1.165, 1.54) is 29.2 Å². The van der Waals surface area contributed by atoms with Gasteiger partial charge in [0.25, 0.3) is 0 Å². The van der Waals surface area contributed by atoms with E-state index in [0.29, 0.717) is 11.1 Å². The average Bonchev–Trinajstić information content (AvgIpc) is 2.38. The van der Waals surface area contributed by atoms with Gasteiger partial charge in [0.1, 0.15) is 5.75 Å². The van der Waals surface area contributed by atoms with Crippen molar-refractivity contribution in [3.63, 3.8) is 0 Å². The van der Waals surface area contributed by atoms with Crippen LogP contribution in [0.5, 0.6) is 0 Å². The number of nitriles is 1. The predicted octanol–water partition coefficient (Wildman–Crippen LogP) is 0.578. The van der Waals surface area contributed by atoms with Crippen LogP contribution >= 0.6 is 0 Å². The van der Waals surface area contributed by atoms with Gasteiger partial charge in [0.05, 0.1) is 17.4 Å². The zero-order valence-electron chi connectivity index (χ0n) is 10.8. The molecule has 5 nitrogen and oxygen atoms in total. The van der Waals surface area contributed by atoms with Crippen molar-refractivity contribution in [1.29, 1.82) is 5.26 Å². The number of amides is 1. The lowest BCUT2D eigenvalue weighted by atomic mass is 10.1. The Bertz CT molecular complexity index is 544. The quantitative estimate of drug-likeness (QED) is 0.738. The van der Waals surface area contributed by atoms with Crippen molar-refractivity contribution in [2.24, 2.45) is 0 Å². The molecular weight excluding hydrogens is 264 g/mol. The molecule has 0 N–H and O–H groups in total. The smallest absolute Gasteiger partial charge is 0.234 e. The van der Waals surface area contributed by atoms with E-state index in [2.05, 4.69) is 0 Å². The topological polar surface area (TPSA) is 78.2 Å². The van der Waals surface area contributed by atoms with Crippen LogP contribution in [0, 0.1) is 11.3 Å². The van der Waals surface area contributed by atoms with E-state index >= 15 is 0 Å². The van der Waals surface area contributed by atoms with Gasteiger partial charge < -0.3 is 4.90 Å². The molecule has 0 saturated carbocycles. The summed E-state index contributed by atoms with van der Waals surface area (Å²) < 4.78 is 11.7. The first kappa shape index (κ1) is 15.1. The highest BCUT2D eigenvalue weighted by Gasteiger charge is 2.14. The molecule has 1 unspecified atom stereocenters. The Hall–Kier alpha value is -2.00. The van der Waals surface area contributed by atoms with Crippen LogP contribution in [0.4, 0.5) is 0 Å². The van der Waals surface area contributed by atoms with Crippen molar-refractivity contribution in [2.75, 3.05) is 25.6 Å². The SMILES string of the molecule is CN(C)C(=O)CS(=O)CC(=O)c1ccc(C#N)cc1. The fourth-order valence-electron chi connectivity index (χ4n) is 1.28. The van der Waals surface area contributed by atoms with Crippen LogP contribution in [0.2, 0.25) is 0 Å². The van der Waals surface area contributed by atoms with Gasteiger partial charge in [0, 0.05) is 30.5 Å². The molecule has 0 spiro atoms. The molecule has 1 aromatic carbocycles. The van der Waals surface area contributed by atoms with Gasteiger partial charge in [-0.1, -0.05) is 12.1 Å². The third-order valence-electron chi connectivity index (χ3n) is 2.41. The van der Waals surface area contributed by atoms with Crippen molar-refractivity contribution < 1.29 is 13.8 Å². The van der Waals surface area contributed by atoms with Crippen molar-refractivity contribution in [2.45, 2.75) is 0 Å². The largest absolute Gasteiger partial charge is 0.348 e. The number of nitrogens with zero attached hydrogens (tertiary/aromatic N) is 2. The maximum absolute atomic E-state index is 11.8. The molecule has 1 atom stereocenters. The van der Waals surface area contributed by atoms with Crippen LogP contribution in [0.3, 0.4) is 0 Å². The number of hydrogen-bond acceptors (Lipinski definition) is 4. The fraction of sp³-hybridized carbons (Fsp3) is 0.308. The third-order valence-corrected chi connectivity index (χ3v) is 3.56. The maximum Gasteiger partial charge on any atom is 0.234 e. The van der Waals surface area contributed by atoms with Gasteiger partial charge in [0.15, 0.2) is 5.78 Å². The Labute approximate surface area is 114 Å². The molecule has 100 valence electrons. The number of rotatable bonds is 5. The Morgan fingerprint density at radius 3 is 2.26 bits per heavy atom. The summed E-state index contributed by atoms with van der Waals surface area (Å²) in [6, 6.07) is 8.05. The number of ketones is 1. The van der Waals surface area contributed by atoms with E-state index in [1.807, 2.05) is 6.07 Å². The molecule has 0 aliphatic carbocycles. The summed E-state index contributed by atoms with van der Waals surface area (Å²) in [7, 11) is 1.63. The first-order valence-electron chi connectivity index (χ1n) is 5.52. The molecule has 1 aromatic rings. The van der Waals surface area contributed by atoms with E-state index in [-0.39, 0.29) is 23.2 Å². The second-order valence-electron chi connectivity index (χ2n) is 4.13. The Kier molecular flexibility index (Phi) is 5.39. The van der Waals surface area contributed by atoms with E-state index in [4.69, 9.17) is 5.26 Å². The number of carbonyl (C=O) groups is 2. The lowest BCUT2D eigenvalue weighted by Crippen LogP contribution is -2.29. The van der Waals surface area contributed by atoms with Crippen LogP contribution in [-0.2, 0) is 15.6 Å². The fourth-order valence-corrected chi connectivity index (χ4v) is 2.37. The molecular formula is C13H14N2O3S. The van der Waals surface area contributed by atoms with Gasteiger partial charge in [-0.15, -0.1) is 0 Å². The van der Waals surface area contributed by atoms with Crippen molar-refractivity contribution in [3.8, 4) is 6.07 Å². The monoisotopic (exact) mass is 278 g/mol. The van der Waals surface area contributed by atoms with E-state index in [0.717, 1.165) is 0 Å². The number of hydrogen-bond donors (Lipinski definition) is 0. The van der Waals surface area contributed by atoms with Gasteiger partial charge in [-0.3, -0.25) is 13.8 Å². The van der Waals surface area contributed by atoms with Crippen LogP contribution in [0.1, 0.15) is 15.9 Å². The molecule has 0 aromatic heterocycles. The first-order valence-corrected chi connectivity index (χ1v) is 7.01. The van der Waals surface area contributed by atoms with E-state index < -0.39 is 10.8 Å². The maximum atomic E-state index is 11.8. The van der Waals surface area contributed by atoms with E-state index in [1.54, 1.807) is 14.1 Å². The molecule has 1 rings (SSSR count). The highest BCUT2D eigenvalue weighted by atomic mass is 32.2. The summed E-state index contributed by atoms with van der Waals surface area (Å²) in [6.07, 6.45) is 0. The molecule has 0 aliphatic rings. The molecule has 1 amide bonds. The second-order valence-corrected chi connectivity index (χ2v) is 5.59. The van der Waals surface area contributed by atoms with Gasteiger partial charge in [0.2, 0.25) is 5.91 Å². The number of benzene rings is 1. The molecule has 6 heteroatoms.